The van der Waals surface area contributed by atoms with Gasteiger partial charge in [0.2, 0.25) is 11.8 Å². The van der Waals surface area contributed by atoms with Crippen molar-refractivity contribution in [2.45, 2.75) is 25.8 Å². The normalized spacial score (nSPS) is 10.9. The van der Waals surface area contributed by atoms with Crippen LogP contribution in [0.2, 0.25) is 0 Å². The van der Waals surface area contributed by atoms with E-state index in [4.69, 9.17) is 20.9 Å². The Labute approximate surface area is 157 Å². The second-order valence-electron chi connectivity index (χ2n) is 6.08. The zero-order valence-electron chi connectivity index (χ0n) is 15.2. The Morgan fingerprint density at radius 1 is 1.15 bits per heavy atom. The van der Waals surface area contributed by atoms with E-state index in [2.05, 4.69) is 9.97 Å². The molecule has 0 radical (unpaired) electrons. The van der Waals surface area contributed by atoms with E-state index in [1.54, 1.807) is 13.3 Å². The first-order valence-electron chi connectivity index (χ1n) is 8.78. The summed E-state index contributed by atoms with van der Waals surface area (Å²) in [6.07, 6.45) is 3.46. The summed E-state index contributed by atoms with van der Waals surface area (Å²) in [6.45, 7) is 1.03. The number of anilines is 1. The highest BCUT2D eigenvalue weighted by Crippen LogP contribution is 2.34. The maximum Gasteiger partial charge on any atom is 0.404 e. The van der Waals surface area contributed by atoms with Crippen LogP contribution in [-0.2, 0) is 11.3 Å². The number of unbranched alkanes of at least 4 members (excludes halogenated alkanes) is 2. The van der Waals surface area contributed by atoms with Crippen LogP contribution < -0.4 is 16.2 Å². The van der Waals surface area contributed by atoms with Gasteiger partial charge in [-0.1, -0.05) is 12.1 Å². The number of aromatic nitrogens is 3. The first-order chi connectivity index (χ1) is 13.1. The molecule has 1 aromatic carbocycles. The van der Waals surface area contributed by atoms with Gasteiger partial charge in [-0.25, -0.2) is 14.8 Å². The van der Waals surface area contributed by atoms with Gasteiger partial charge in [0.05, 0.1) is 24.8 Å². The minimum Gasteiger partial charge on any atom is -0.481 e. The molecule has 4 N–H and O–H groups in total. The van der Waals surface area contributed by atoms with Gasteiger partial charge in [0.15, 0.2) is 0 Å². The number of benzene rings is 1. The molecule has 0 unspecified atom stereocenters. The molecule has 0 fully saturated rings. The van der Waals surface area contributed by atoms with Crippen LogP contribution in [0.15, 0.2) is 36.5 Å². The van der Waals surface area contributed by atoms with Crippen molar-refractivity contribution >= 4 is 23.1 Å². The predicted molar refractivity (Wildman–Crippen MR) is 103 cm³/mol. The van der Waals surface area contributed by atoms with E-state index in [1.807, 2.05) is 34.9 Å². The highest BCUT2D eigenvalue weighted by molar-refractivity contribution is 5.95. The number of rotatable bonds is 8. The van der Waals surface area contributed by atoms with Crippen molar-refractivity contribution in [1.82, 2.24) is 14.5 Å². The number of nitrogens with two attached hydrogens (primary N) is 2. The summed E-state index contributed by atoms with van der Waals surface area (Å²) in [6, 6.07) is 9.74. The monoisotopic (exact) mass is 369 g/mol. The SMILES string of the molecule is COc1ncccc1-c1cccc2nc(N)n(CCCCCOC(N)=O)c12. The fraction of sp³-hybridized carbons (Fsp3) is 0.316. The van der Waals surface area contributed by atoms with E-state index in [-0.39, 0.29) is 0 Å². The Balaban J connectivity index is 1.86. The van der Waals surface area contributed by atoms with E-state index in [0.29, 0.717) is 25.0 Å². The first-order valence-corrected chi connectivity index (χ1v) is 8.78. The number of fused-ring (bicyclic) bond motifs is 1. The molecule has 0 aliphatic rings. The molecular weight excluding hydrogens is 346 g/mol. The highest BCUT2D eigenvalue weighted by Gasteiger charge is 2.16. The largest absolute Gasteiger partial charge is 0.481 e. The van der Waals surface area contributed by atoms with Crippen LogP contribution in [0.1, 0.15) is 19.3 Å². The Hall–Kier alpha value is -3.29. The predicted octanol–water partition coefficient (Wildman–Crippen LogP) is 2.95. The molecule has 0 bridgehead atoms. The number of nitrogen functional groups attached to an aromatic ring is 1. The van der Waals surface area contributed by atoms with Crippen LogP contribution in [0.4, 0.5) is 10.7 Å². The molecule has 27 heavy (non-hydrogen) atoms. The van der Waals surface area contributed by atoms with Crippen LogP contribution in [0.3, 0.4) is 0 Å². The minimum absolute atomic E-state index is 0.327. The lowest BCUT2D eigenvalue weighted by atomic mass is 10.1. The number of primary amides is 1. The quantitative estimate of drug-likeness (QED) is 0.589. The van der Waals surface area contributed by atoms with Crippen LogP contribution in [-0.4, -0.2) is 34.3 Å². The van der Waals surface area contributed by atoms with E-state index in [9.17, 15) is 4.79 Å². The van der Waals surface area contributed by atoms with Crippen LogP contribution in [0, 0.1) is 0 Å². The Morgan fingerprint density at radius 3 is 2.74 bits per heavy atom. The Kier molecular flexibility index (Phi) is 5.75. The van der Waals surface area contributed by atoms with E-state index < -0.39 is 6.09 Å². The summed E-state index contributed by atoms with van der Waals surface area (Å²) in [5, 5.41) is 0. The number of hydrogen-bond acceptors (Lipinski definition) is 6. The van der Waals surface area contributed by atoms with Gasteiger partial charge in [-0.15, -0.1) is 0 Å². The highest BCUT2D eigenvalue weighted by atomic mass is 16.5. The third-order valence-corrected chi connectivity index (χ3v) is 4.32. The number of carbonyl (C=O) groups excluding carboxylic acids is 1. The number of amides is 1. The molecule has 8 heteroatoms. The molecule has 0 aliphatic carbocycles. The molecule has 0 saturated heterocycles. The first kappa shape index (κ1) is 18.5. The third-order valence-electron chi connectivity index (χ3n) is 4.32. The average Bonchev–Trinajstić information content (AvgIpc) is 2.99. The van der Waals surface area contributed by atoms with Gasteiger partial charge >= 0.3 is 6.09 Å². The van der Waals surface area contributed by atoms with Gasteiger partial charge in [0, 0.05) is 23.9 Å². The lowest BCUT2D eigenvalue weighted by Crippen LogP contribution is -2.13. The van der Waals surface area contributed by atoms with Gasteiger partial charge in [-0.05, 0) is 37.5 Å². The maximum absolute atomic E-state index is 10.6. The lowest BCUT2D eigenvalue weighted by molar-refractivity contribution is 0.154. The van der Waals surface area contributed by atoms with Crippen molar-refractivity contribution < 1.29 is 14.3 Å². The Morgan fingerprint density at radius 2 is 1.96 bits per heavy atom. The van der Waals surface area contributed by atoms with Crippen molar-refractivity contribution in [1.29, 1.82) is 0 Å². The molecule has 3 rings (SSSR count). The average molecular weight is 369 g/mol. The van der Waals surface area contributed by atoms with Crippen molar-refractivity contribution in [2.24, 2.45) is 5.73 Å². The minimum atomic E-state index is -0.741. The van der Waals surface area contributed by atoms with Gasteiger partial charge in [-0.2, -0.15) is 0 Å². The van der Waals surface area contributed by atoms with Crippen LogP contribution in [0.25, 0.3) is 22.2 Å². The fourth-order valence-electron chi connectivity index (χ4n) is 3.13. The Bertz CT molecular complexity index is 938. The standard InChI is InChI=1S/C19H23N5O3/c1-26-17-14(8-6-10-22-17)13-7-5-9-15-16(13)24(18(20)23-15)11-3-2-4-12-27-19(21)25/h5-10H,2-4,11-12H2,1H3,(H2,20,23)(H2,21,25). The number of carbonyl (C=O) groups is 1. The molecule has 0 spiro atoms. The molecular formula is C19H23N5O3. The van der Waals surface area contributed by atoms with E-state index >= 15 is 0 Å². The second-order valence-corrected chi connectivity index (χ2v) is 6.08. The number of ether oxygens (including phenoxy) is 2. The van der Waals surface area contributed by atoms with E-state index in [0.717, 1.165) is 41.4 Å². The van der Waals surface area contributed by atoms with Crippen molar-refractivity contribution in [3.8, 4) is 17.0 Å². The van der Waals surface area contributed by atoms with Gasteiger partial charge in [0.25, 0.3) is 0 Å². The lowest BCUT2D eigenvalue weighted by Gasteiger charge is -2.12. The topological polar surface area (TPSA) is 118 Å². The molecule has 142 valence electrons. The summed E-state index contributed by atoms with van der Waals surface area (Å²) in [4.78, 5) is 19.4. The molecule has 2 aromatic heterocycles. The summed E-state index contributed by atoms with van der Waals surface area (Å²) in [7, 11) is 1.60. The van der Waals surface area contributed by atoms with Crippen LogP contribution in [0.5, 0.6) is 5.88 Å². The summed E-state index contributed by atoms with van der Waals surface area (Å²) in [5.41, 5.74) is 14.8. The van der Waals surface area contributed by atoms with Gasteiger partial charge < -0.3 is 25.5 Å². The third kappa shape index (κ3) is 4.11. The number of imidazole rings is 1. The summed E-state index contributed by atoms with van der Waals surface area (Å²) in [5.74, 6) is 1.02. The van der Waals surface area contributed by atoms with Gasteiger partial charge in [0.1, 0.15) is 0 Å². The van der Waals surface area contributed by atoms with Crippen LogP contribution >= 0.6 is 0 Å². The molecule has 3 aromatic rings. The molecule has 2 heterocycles. The smallest absolute Gasteiger partial charge is 0.404 e. The number of pyridine rings is 1. The molecule has 0 saturated carbocycles. The summed E-state index contributed by atoms with van der Waals surface area (Å²) >= 11 is 0. The zero-order chi connectivity index (χ0) is 19.2. The summed E-state index contributed by atoms with van der Waals surface area (Å²) < 4.78 is 12.2. The maximum atomic E-state index is 10.6. The number of para-hydroxylation sites is 1. The van der Waals surface area contributed by atoms with Crippen molar-refractivity contribution in [3.63, 3.8) is 0 Å². The van der Waals surface area contributed by atoms with Crippen molar-refractivity contribution in [3.05, 3.63) is 36.5 Å². The number of hydrogen-bond donors (Lipinski definition) is 2. The van der Waals surface area contributed by atoms with Crippen molar-refractivity contribution in [2.75, 3.05) is 19.5 Å². The van der Waals surface area contributed by atoms with Gasteiger partial charge in [-0.3, -0.25) is 0 Å². The molecule has 1 amide bonds. The number of methoxy groups -OCH3 is 1. The molecule has 0 atom stereocenters. The molecule has 8 nitrogen and oxygen atoms in total. The number of nitrogens with zero attached hydrogens (tertiary/aromatic N) is 3. The zero-order valence-corrected chi connectivity index (χ0v) is 15.2. The second kappa shape index (κ2) is 8.39. The fourth-order valence-corrected chi connectivity index (χ4v) is 3.13. The number of aryl methyl sites for hydroxylation is 1. The molecule has 0 aliphatic heterocycles. The van der Waals surface area contributed by atoms with E-state index in [1.165, 1.54) is 0 Å².